The van der Waals surface area contributed by atoms with Gasteiger partial charge in [0.1, 0.15) is 10.8 Å². The van der Waals surface area contributed by atoms with Crippen molar-refractivity contribution in [3.05, 3.63) is 97.1 Å². The number of hydrogen-bond donors (Lipinski definition) is 0. The number of thiophene rings is 1. The standard InChI is InChI=1S/C32H29N7OS/c1-40-26-15-13-25(14-16-26)34-33-23-9-11-24(12-10-23)35-36-29-17-18-30(28-8-4-3-7-27(28)29)37-38-31-19-20-32(41-31)39-21-5-2-6-22-39/h3-4,7-20H,2,5-6,21-22H2,1H3. The van der Waals surface area contributed by atoms with Gasteiger partial charge in [-0.1, -0.05) is 35.6 Å². The largest absolute Gasteiger partial charge is 0.497 e. The van der Waals surface area contributed by atoms with Gasteiger partial charge in [-0.05, 0) is 92.1 Å². The lowest BCUT2D eigenvalue weighted by atomic mass is 10.1. The number of ether oxygens (including phenoxy) is 1. The monoisotopic (exact) mass is 559 g/mol. The lowest BCUT2D eigenvalue weighted by Crippen LogP contribution is -2.28. The summed E-state index contributed by atoms with van der Waals surface area (Å²) < 4.78 is 5.17. The van der Waals surface area contributed by atoms with Crippen LogP contribution in [-0.2, 0) is 0 Å². The summed E-state index contributed by atoms with van der Waals surface area (Å²) in [7, 11) is 1.64. The van der Waals surface area contributed by atoms with Crippen molar-refractivity contribution in [1.29, 1.82) is 0 Å². The Balaban J connectivity index is 1.16. The fourth-order valence-electron chi connectivity index (χ4n) is 4.66. The number of fused-ring (bicyclic) bond motifs is 1. The number of rotatable bonds is 8. The summed E-state index contributed by atoms with van der Waals surface area (Å²) in [4.78, 5) is 2.45. The van der Waals surface area contributed by atoms with Gasteiger partial charge in [-0.15, -0.1) is 15.3 Å². The average molecular weight is 560 g/mol. The summed E-state index contributed by atoms with van der Waals surface area (Å²) in [6.07, 6.45) is 3.84. The Morgan fingerprint density at radius 3 is 1.68 bits per heavy atom. The van der Waals surface area contributed by atoms with E-state index in [0.29, 0.717) is 0 Å². The Morgan fingerprint density at radius 1 is 0.561 bits per heavy atom. The Morgan fingerprint density at radius 2 is 1.10 bits per heavy atom. The molecule has 6 rings (SSSR count). The van der Waals surface area contributed by atoms with Gasteiger partial charge in [0.25, 0.3) is 0 Å². The molecule has 0 saturated carbocycles. The third-order valence-corrected chi connectivity index (χ3v) is 7.89. The zero-order valence-electron chi connectivity index (χ0n) is 22.7. The minimum atomic E-state index is 0.725. The van der Waals surface area contributed by atoms with Crippen LogP contribution >= 0.6 is 11.3 Å². The third-order valence-electron chi connectivity index (χ3n) is 6.86. The molecule has 1 aliphatic rings. The minimum absolute atomic E-state index is 0.725. The molecule has 0 aliphatic carbocycles. The van der Waals surface area contributed by atoms with E-state index in [1.54, 1.807) is 18.4 Å². The first kappa shape index (κ1) is 26.5. The number of hydrogen-bond acceptors (Lipinski definition) is 9. The van der Waals surface area contributed by atoms with Crippen molar-refractivity contribution in [2.24, 2.45) is 30.7 Å². The quantitative estimate of drug-likeness (QED) is 0.177. The van der Waals surface area contributed by atoms with Crippen molar-refractivity contribution in [1.82, 2.24) is 0 Å². The zero-order chi connectivity index (χ0) is 27.9. The van der Waals surface area contributed by atoms with E-state index in [1.165, 1.54) is 24.3 Å². The summed E-state index contributed by atoms with van der Waals surface area (Å²) in [5.74, 6) is 0.783. The summed E-state index contributed by atoms with van der Waals surface area (Å²) in [5, 5.41) is 30.9. The molecule has 9 heteroatoms. The maximum atomic E-state index is 5.17. The Bertz CT molecular complexity index is 1700. The Hall–Kier alpha value is -4.76. The summed E-state index contributed by atoms with van der Waals surface area (Å²) in [6.45, 7) is 2.25. The van der Waals surface area contributed by atoms with E-state index in [-0.39, 0.29) is 0 Å². The molecule has 0 spiro atoms. The number of nitrogens with zero attached hydrogens (tertiary/aromatic N) is 7. The van der Waals surface area contributed by atoms with Crippen molar-refractivity contribution in [2.45, 2.75) is 19.3 Å². The number of anilines is 1. The van der Waals surface area contributed by atoms with Crippen LogP contribution in [0.3, 0.4) is 0 Å². The molecule has 2 heterocycles. The summed E-state index contributed by atoms with van der Waals surface area (Å²) in [5.41, 5.74) is 3.78. The molecule has 1 fully saturated rings. The number of methoxy groups -OCH3 is 1. The maximum Gasteiger partial charge on any atom is 0.140 e. The van der Waals surface area contributed by atoms with Crippen LogP contribution in [0, 0.1) is 0 Å². The fraction of sp³-hybridized carbons (Fsp3) is 0.188. The van der Waals surface area contributed by atoms with Gasteiger partial charge in [0, 0.05) is 23.9 Å². The molecule has 5 aromatic rings. The van der Waals surface area contributed by atoms with E-state index in [1.807, 2.05) is 84.9 Å². The lowest BCUT2D eigenvalue weighted by molar-refractivity contribution is 0.415. The van der Waals surface area contributed by atoms with E-state index < -0.39 is 0 Å². The van der Waals surface area contributed by atoms with Crippen molar-refractivity contribution < 1.29 is 4.74 Å². The van der Waals surface area contributed by atoms with Crippen LogP contribution in [0.4, 0.5) is 38.4 Å². The molecule has 0 bridgehead atoms. The van der Waals surface area contributed by atoms with Gasteiger partial charge in [-0.3, -0.25) is 0 Å². The molecule has 0 N–H and O–H groups in total. The van der Waals surface area contributed by atoms with E-state index in [9.17, 15) is 0 Å². The van der Waals surface area contributed by atoms with Crippen LogP contribution in [0.15, 0.2) is 128 Å². The van der Waals surface area contributed by atoms with Crippen LogP contribution in [0.2, 0.25) is 0 Å². The first-order valence-corrected chi connectivity index (χ1v) is 14.4. The smallest absolute Gasteiger partial charge is 0.140 e. The van der Waals surface area contributed by atoms with E-state index in [2.05, 4.69) is 47.7 Å². The molecule has 41 heavy (non-hydrogen) atoms. The Kier molecular flexibility index (Phi) is 8.14. The highest BCUT2D eigenvalue weighted by atomic mass is 32.1. The normalized spacial score (nSPS) is 14.1. The van der Waals surface area contributed by atoms with Gasteiger partial charge in [0.2, 0.25) is 0 Å². The molecule has 8 nitrogen and oxygen atoms in total. The van der Waals surface area contributed by atoms with E-state index in [0.717, 1.165) is 63.0 Å². The highest BCUT2D eigenvalue weighted by Crippen LogP contribution is 2.38. The summed E-state index contributed by atoms with van der Waals surface area (Å²) >= 11 is 1.69. The number of benzene rings is 4. The SMILES string of the molecule is COc1ccc(N=Nc2ccc(N=Nc3ccc(N=Nc4ccc(N5CCCCC5)s4)c4ccccc34)cc2)cc1. The van der Waals surface area contributed by atoms with Crippen molar-refractivity contribution in [3.8, 4) is 5.75 Å². The molecule has 1 aliphatic heterocycles. The predicted octanol–water partition coefficient (Wildman–Crippen LogP) is 11.1. The molecule has 1 saturated heterocycles. The molecular weight excluding hydrogens is 530 g/mol. The van der Waals surface area contributed by atoms with Crippen LogP contribution in [0.25, 0.3) is 10.8 Å². The molecule has 204 valence electrons. The molecular formula is C32H29N7OS. The van der Waals surface area contributed by atoms with E-state index in [4.69, 9.17) is 4.74 Å². The van der Waals surface area contributed by atoms with Crippen LogP contribution < -0.4 is 9.64 Å². The summed E-state index contributed by atoms with van der Waals surface area (Å²) in [6, 6.07) is 31.1. The van der Waals surface area contributed by atoms with Crippen LogP contribution in [0.5, 0.6) is 5.75 Å². The Labute approximate surface area is 242 Å². The molecule has 0 amide bonds. The number of azo groups is 3. The molecule has 0 radical (unpaired) electrons. The first-order chi connectivity index (χ1) is 20.2. The van der Waals surface area contributed by atoms with E-state index >= 15 is 0 Å². The molecule has 0 atom stereocenters. The second-order valence-electron chi connectivity index (χ2n) is 9.62. The topological polar surface area (TPSA) is 86.6 Å². The van der Waals surface area contributed by atoms with Gasteiger partial charge in [0.15, 0.2) is 0 Å². The highest BCUT2D eigenvalue weighted by Gasteiger charge is 2.13. The van der Waals surface area contributed by atoms with Crippen molar-refractivity contribution >= 4 is 60.5 Å². The van der Waals surface area contributed by atoms with Crippen molar-refractivity contribution in [3.63, 3.8) is 0 Å². The lowest BCUT2D eigenvalue weighted by Gasteiger charge is -2.26. The second-order valence-corrected chi connectivity index (χ2v) is 10.7. The van der Waals surface area contributed by atoms with Crippen molar-refractivity contribution in [2.75, 3.05) is 25.1 Å². The molecule has 4 aromatic carbocycles. The van der Waals surface area contributed by atoms with Gasteiger partial charge in [-0.2, -0.15) is 15.3 Å². The second kappa shape index (κ2) is 12.6. The average Bonchev–Trinajstić information content (AvgIpc) is 3.52. The van der Waals surface area contributed by atoms with Gasteiger partial charge in [-0.25, -0.2) is 0 Å². The van der Waals surface area contributed by atoms with Crippen LogP contribution in [0.1, 0.15) is 19.3 Å². The predicted molar refractivity (Wildman–Crippen MR) is 166 cm³/mol. The first-order valence-electron chi connectivity index (χ1n) is 13.6. The third kappa shape index (κ3) is 6.53. The molecule has 0 unspecified atom stereocenters. The zero-order valence-corrected chi connectivity index (χ0v) is 23.5. The highest BCUT2D eigenvalue weighted by molar-refractivity contribution is 7.19. The molecule has 1 aromatic heterocycles. The maximum absolute atomic E-state index is 5.17. The van der Waals surface area contributed by atoms with Gasteiger partial charge < -0.3 is 9.64 Å². The van der Waals surface area contributed by atoms with Gasteiger partial charge in [0.05, 0.1) is 40.5 Å². The van der Waals surface area contributed by atoms with Crippen LogP contribution in [-0.4, -0.2) is 20.2 Å². The fourth-order valence-corrected chi connectivity index (χ4v) is 5.54. The minimum Gasteiger partial charge on any atom is -0.497 e. The van der Waals surface area contributed by atoms with Gasteiger partial charge >= 0.3 is 0 Å². The number of piperidine rings is 1.